The fourth-order valence-electron chi connectivity index (χ4n) is 7.89. The van der Waals surface area contributed by atoms with Gasteiger partial charge in [0.1, 0.15) is 0 Å². The molecule has 0 aromatic carbocycles. The average Bonchev–Trinajstić information content (AvgIpc) is 3.39. The zero-order valence-corrected chi connectivity index (χ0v) is 39.5. The maximum absolute atomic E-state index is 4.01. The van der Waals surface area contributed by atoms with Gasteiger partial charge in [-0.15, -0.1) is 49.0 Å². The summed E-state index contributed by atoms with van der Waals surface area (Å²) < 4.78 is 0. The zero-order chi connectivity index (χ0) is 27.1. The molecule has 0 N–H and O–H groups in total. The van der Waals surface area contributed by atoms with Gasteiger partial charge in [0.2, 0.25) is 0 Å². The van der Waals surface area contributed by atoms with Crippen LogP contribution < -0.4 is 103 Å². The summed E-state index contributed by atoms with van der Waals surface area (Å²) in [6.07, 6.45) is 44.8. The molecule has 0 amide bonds. The number of halogens is 2. The third-order valence-electron chi connectivity index (χ3n) is 10.5. The standard InChI is InChI=1S/C36H70P2.FH.HI.2K.3H2.2H/c1-2-3-16-32(17-9-6-11-19-33-23-25-34(26-24-33)20-13-15-30-38)18-10-7-12-22-36-28-27-35(31-36)21-8-4-5-14-29-37;;;;;;;;;/h2,32-36H,1,3-31,37-38H2;2*1H;;;3*1H;;/q;;;2*+1;;;;2*-1/t32?,33?,34?,35-,36?;;;;;;;;;/m1........./s1/i;;;;;1+2;1+1;;;. The Kier molecular flexibility index (Phi) is 44.6. The fourth-order valence-corrected chi connectivity index (χ4v) is 8.47. The second-order valence-electron chi connectivity index (χ2n) is 13.7. The van der Waals surface area contributed by atoms with Crippen molar-refractivity contribution in [1.82, 2.24) is 0 Å². The van der Waals surface area contributed by atoms with Crippen molar-refractivity contribution in [3.63, 3.8) is 0 Å². The maximum Gasteiger partial charge on any atom is 1.00 e. The minimum Gasteiger partial charge on any atom is -1.00 e. The minimum atomic E-state index is 0. The second kappa shape index (κ2) is 36.8. The smallest absolute Gasteiger partial charge is 1.00 e. The third kappa shape index (κ3) is 27.4. The van der Waals surface area contributed by atoms with Crippen LogP contribution in [-0.4, -0.2) is 12.3 Å². The van der Waals surface area contributed by atoms with E-state index in [9.17, 15) is 0 Å². The van der Waals surface area contributed by atoms with Crippen LogP contribution in [0.4, 0.5) is 4.70 Å². The molecule has 0 spiro atoms. The van der Waals surface area contributed by atoms with Gasteiger partial charge in [-0.25, -0.2) is 0 Å². The first kappa shape index (κ1) is 50.9. The molecule has 2 rings (SSSR count). The quantitative estimate of drug-likeness (QED) is 0.0287. The molecular weight excluding hydrogens is 718 g/mol. The topological polar surface area (TPSA) is 0 Å². The minimum absolute atomic E-state index is 0. The molecule has 0 nitrogen and oxygen atoms in total. The second-order valence-corrected chi connectivity index (χ2v) is 14.9. The van der Waals surface area contributed by atoms with Crippen LogP contribution >= 0.6 is 42.5 Å². The van der Waals surface area contributed by atoms with E-state index in [4.69, 9.17) is 0 Å². The van der Waals surface area contributed by atoms with E-state index in [1.54, 1.807) is 6.42 Å². The van der Waals surface area contributed by atoms with E-state index in [1.165, 1.54) is 179 Å². The Hall–Kier alpha value is 4.53. The van der Waals surface area contributed by atoms with Gasteiger partial charge in [-0.2, -0.15) is 0 Å². The first-order chi connectivity index (χ1) is 18.7. The Morgan fingerprint density at radius 3 is 1.43 bits per heavy atom. The van der Waals surface area contributed by atoms with E-state index in [0.29, 0.717) is 0 Å². The molecule has 5 atom stereocenters. The van der Waals surface area contributed by atoms with E-state index in [-0.39, 0.29) is 139 Å². The molecule has 0 radical (unpaired) electrons. The number of allylic oxidation sites excluding steroid dienone is 1. The van der Waals surface area contributed by atoms with Gasteiger partial charge in [-0.05, 0) is 74.0 Å². The van der Waals surface area contributed by atoms with Crippen LogP contribution in [0, 0.1) is 29.6 Å². The van der Waals surface area contributed by atoms with Crippen LogP contribution in [0.25, 0.3) is 0 Å². The summed E-state index contributed by atoms with van der Waals surface area (Å²) in [5, 5.41) is 0. The number of hydrogen-bond donors (Lipinski definition) is 0. The summed E-state index contributed by atoms with van der Waals surface area (Å²) in [6, 6.07) is 0. The van der Waals surface area contributed by atoms with Crippen molar-refractivity contribution in [1.29, 1.82) is 0 Å². The van der Waals surface area contributed by atoms with Gasteiger partial charge in [-0.3, -0.25) is 4.70 Å². The molecule has 2 aliphatic carbocycles. The molecule has 2 saturated carbocycles. The molecule has 42 heavy (non-hydrogen) atoms. The first-order valence-electron chi connectivity index (χ1n) is 17.8. The number of unbranched alkanes of at least 4 members (excludes halogenated alkanes) is 8. The Bertz CT molecular complexity index is 571. The zero-order valence-electron chi connectivity index (χ0n) is 30.6. The van der Waals surface area contributed by atoms with Crippen LogP contribution in [-0.2, 0) is 0 Å². The summed E-state index contributed by atoms with van der Waals surface area (Å²) in [6.45, 7) is 4.01. The van der Waals surface area contributed by atoms with Crippen LogP contribution in [0.1, 0.15) is 180 Å². The Morgan fingerprint density at radius 1 is 0.619 bits per heavy atom. The summed E-state index contributed by atoms with van der Waals surface area (Å²) in [4.78, 5) is 0. The average molecular weight is 802 g/mol. The predicted octanol–water partition coefficient (Wildman–Crippen LogP) is 8.31. The molecule has 0 saturated heterocycles. The summed E-state index contributed by atoms with van der Waals surface area (Å²) in [7, 11) is 5.76. The van der Waals surface area contributed by atoms with Crippen molar-refractivity contribution in [3.05, 3.63) is 12.7 Å². The van der Waals surface area contributed by atoms with Gasteiger partial charge >= 0.3 is 103 Å². The van der Waals surface area contributed by atoms with Gasteiger partial charge in [-0.1, -0.05) is 147 Å². The van der Waals surface area contributed by atoms with E-state index < -0.39 is 0 Å². The normalized spacial score (nSPS) is 22.2. The molecule has 250 valence electrons. The van der Waals surface area contributed by atoms with Gasteiger partial charge in [0.05, 0.1) is 0 Å². The Morgan fingerprint density at radius 2 is 0.976 bits per heavy atom. The Balaban J connectivity index is -0.000000282. The van der Waals surface area contributed by atoms with Gasteiger partial charge in [0.25, 0.3) is 0 Å². The molecular formula is C36H80FIK2P2. The molecule has 6 heteroatoms. The molecule has 0 aromatic rings. The van der Waals surface area contributed by atoms with E-state index in [2.05, 4.69) is 31.1 Å². The van der Waals surface area contributed by atoms with E-state index >= 15 is 0 Å². The molecule has 4 unspecified atom stereocenters. The third-order valence-corrected chi connectivity index (χ3v) is 11.3. The van der Waals surface area contributed by atoms with Crippen molar-refractivity contribution in [2.24, 2.45) is 29.6 Å². The van der Waals surface area contributed by atoms with E-state index in [0.717, 1.165) is 29.6 Å². The molecule has 0 heterocycles. The SMILES string of the molecule is C=CCCC(CCCCCC1CCC(CCCCP)CC1)CCCCCC1CC[C@@H](CCCCCCP)C1.F.I.[2HH].[3HH].[H-].[H-].[HH].[K+].[K+]. The first-order valence-corrected chi connectivity index (χ1v) is 19.4. The number of hydrogen-bond acceptors (Lipinski definition) is 0. The molecule has 2 aliphatic rings. The summed E-state index contributed by atoms with van der Waals surface area (Å²) in [5.41, 5.74) is 0. The predicted molar refractivity (Wildman–Crippen MR) is 208 cm³/mol. The van der Waals surface area contributed by atoms with Gasteiger partial charge in [0, 0.05) is 4.28 Å². The van der Waals surface area contributed by atoms with Crippen molar-refractivity contribution in [3.8, 4) is 0 Å². The van der Waals surface area contributed by atoms with Crippen molar-refractivity contribution in [2.75, 3.05) is 12.3 Å². The number of rotatable bonds is 25. The Labute approximate surface area is 379 Å². The van der Waals surface area contributed by atoms with Gasteiger partial charge < -0.3 is 2.85 Å². The van der Waals surface area contributed by atoms with Crippen molar-refractivity contribution >= 4 is 42.5 Å². The van der Waals surface area contributed by atoms with Crippen molar-refractivity contribution < 1.29 is 115 Å². The molecule has 2 fully saturated rings. The monoisotopic (exact) mass is 801 g/mol. The summed E-state index contributed by atoms with van der Waals surface area (Å²) in [5.74, 6) is 5.23. The molecule has 0 bridgehead atoms. The van der Waals surface area contributed by atoms with Crippen LogP contribution in [0.2, 0.25) is 0 Å². The van der Waals surface area contributed by atoms with Crippen molar-refractivity contribution in [2.45, 2.75) is 173 Å². The van der Waals surface area contributed by atoms with Gasteiger partial charge in [0.15, 0.2) is 0 Å². The van der Waals surface area contributed by atoms with Crippen LogP contribution in [0.3, 0.4) is 0 Å². The van der Waals surface area contributed by atoms with E-state index in [1.807, 2.05) is 0 Å². The van der Waals surface area contributed by atoms with Crippen LogP contribution in [0.5, 0.6) is 0 Å². The molecule has 0 aromatic heterocycles. The largest absolute Gasteiger partial charge is 1.00 e. The molecule has 0 aliphatic heterocycles. The maximum atomic E-state index is 4.01. The summed E-state index contributed by atoms with van der Waals surface area (Å²) >= 11 is 0. The van der Waals surface area contributed by atoms with Crippen LogP contribution in [0.15, 0.2) is 12.7 Å². The fraction of sp³-hybridized carbons (Fsp3) is 0.944.